The third kappa shape index (κ3) is 2.26. The summed E-state index contributed by atoms with van der Waals surface area (Å²) < 4.78 is 0. The number of nitrogens with one attached hydrogen (secondary N) is 1. The molecule has 2 amide bonds. The zero-order valence-electron chi connectivity index (χ0n) is 11.6. The fourth-order valence-corrected chi connectivity index (χ4v) is 2.83. The first-order valence-corrected chi connectivity index (χ1v) is 7.20. The number of benzene rings is 1. The van der Waals surface area contributed by atoms with E-state index in [1.165, 1.54) is 0 Å². The Bertz CT molecular complexity index is 719. The van der Waals surface area contributed by atoms with Crippen molar-refractivity contribution in [3.05, 3.63) is 30.0 Å². The lowest BCUT2D eigenvalue weighted by atomic mass is 10.1. The highest BCUT2D eigenvalue weighted by atomic mass is 16.2. The van der Waals surface area contributed by atoms with Crippen LogP contribution in [-0.2, 0) is 16.0 Å². The maximum Gasteiger partial charge on any atom is 0.243 e. The smallest absolute Gasteiger partial charge is 0.243 e. The molecule has 1 aliphatic heterocycles. The minimum atomic E-state index is 0.00865. The van der Waals surface area contributed by atoms with Gasteiger partial charge in [0.1, 0.15) is 6.54 Å². The van der Waals surface area contributed by atoms with Crippen molar-refractivity contribution in [2.75, 3.05) is 13.2 Å². The van der Waals surface area contributed by atoms with Crippen LogP contribution in [0.5, 0.6) is 0 Å². The summed E-state index contributed by atoms with van der Waals surface area (Å²) in [5.41, 5.74) is 1.91. The highest BCUT2D eigenvalue weighted by Gasteiger charge is 2.39. The van der Waals surface area contributed by atoms with Crippen LogP contribution < -0.4 is 0 Å². The lowest BCUT2D eigenvalue weighted by Gasteiger charge is -2.17. The highest BCUT2D eigenvalue weighted by molar-refractivity contribution is 5.89. The van der Waals surface area contributed by atoms with Gasteiger partial charge in [0.05, 0.1) is 24.8 Å². The summed E-state index contributed by atoms with van der Waals surface area (Å²) >= 11 is 0. The SMILES string of the molecule is O=C(Cc1ccc2[nH]ncc2c1)N1CC(=O)N(C2CC2)C1. The van der Waals surface area contributed by atoms with Crippen LogP contribution in [0, 0.1) is 0 Å². The minimum Gasteiger partial charge on any atom is -0.320 e. The van der Waals surface area contributed by atoms with E-state index in [2.05, 4.69) is 10.2 Å². The van der Waals surface area contributed by atoms with E-state index in [-0.39, 0.29) is 18.4 Å². The van der Waals surface area contributed by atoms with Crippen LogP contribution in [0.2, 0.25) is 0 Å². The highest BCUT2D eigenvalue weighted by Crippen LogP contribution is 2.29. The number of hydrogen-bond donors (Lipinski definition) is 1. The summed E-state index contributed by atoms with van der Waals surface area (Å²) in [6, 6.07) is 6.19. The van der Waals surface area contributed by atoms with Crippen molar-refractivity contribution in [3.8, 4) is 0 Å². The molecule has 1 N–H and O–H groups in total. The van der Waals surface area contributed by atoms with Crippen LogP contribution in [-0.4, -0.2) is 51.1 Å². The molecule has 2 heterocycles. The Balaban J connectivity index is 1.46. The summed E-state index contributed by atoms with van der Waals surface area (Å²) in [5.74, 6) is 0.0884. The van der Waals surface area contributed by atoms with Crippen LogP contribution in [0.3, 0.4) is 0 Å². The van der Waals surface area contributed by atoms with Crippen LogP contribution in [0.4, 0.5) is 0 Å². The molecule has 6 nitrogen and oxygen atoms in total. The van der Waals surface area contributed by atoms with Gasteiger partial charge in [-0.2, -0.15) is 5.10 Å². The lowest BCUT2D eigenvalue weighted by Crippen LogP contribution is -2.33. The molecular formula is C15H16N4O2. The third-order valence-corrected chi connectivity index (χ3v) is 4.17. The molecule has 2 aliphatic rings. The molecule has 2 aromatic rings. The van der Waals surface area contributed by atoms with Crippen molar-refractivity contribution < 1.29 is 9.59 Å². The standard InChI is InChI=1S/C15H16N4O2/c20-14(18-8-15(21)19(9-18)12-2-3-12)6-10-1-4-13-11(5-10)7-16-17-13/h1,4-5,7,12H,2-3,6,8-9H2,(H,16,17). The second-order valence-electron chi connectivity index (χ2n) is 5.80. The van der Waals surface area contributed by atoms with Crippen molar-refractivity contribution in [1.82, 2.24) is 20.0 Å². The number of carbonyl (C=O) groups excluding carboxylic acids is 2. The first kappa shape index (κ1) is 12.4. The van der Waals surface area contributed by atoms with Gasteiger partial charge in [0.2, 0.25) is 11.8 Å². The minimum absolute atomic E-state index is 0.00865. The van der Waals surface area contributed by atoms with Gasteiger partial charge in [-0.3, -0.25) is 14.7 Å². The molecule has 21 heavy (non-hydrogen) atoms. The molecule has 0 bridgehead atoms. The van der Waals surface area contributed by atoms with Gasteiger partial charge in [-0.1, -0.05) is 6.07 Å². The largest absolute Gasteiger partial charge is 0.320 e. The van der Waals surface area contributed by atoms with Crippen LogP contribution >= 0.6 is 0 Å². The average Bonchev–Trinajstić information content (AvgIpc) is 3.07. The number of aromatic nitrogens is 2. The van der Waals surface area contributed by atoms with E-state index in [4.69, 9.17) is 0 Å². The molecule has 0 spiro atoms. The fourth-order valence-electron chi connectivity index (χ4n) is 2.83. The van der Waals surface area contributed by atoms with E-state index < -0.39 is 0 Å². The summed E-state index contributed by atoms with van der Waals surface area (Å²) in [6.45, 7) is 0.680. The number of rotatable bonds is 3. The van der Waals surface area contributed by atoms with Gasteiger partial charge in [0.25, 0.3) is 0 Å². The van der Waals surface area contributed by atoms with Crippen LogP contribution in [0.1, 0.15) is 18.4 Å². The van der Waals surface area contributed by atoms with Crippen molar-refractivity contribution in [1.29, 1.82) is 0 Å². The van der Waals surface area contributed by atoms with E-state index in [0.29, 0.717) is 19.1 Å². The van der Waals surface area contributed by atoms with E-state index >= 15 is 0 Å². The molecule has 1 aliphatic carbocycles. The number of H-pyrrole nitrogens is 1. The first-order valence-electron chi connectivity index (χ1n) is 7.20. The molecule has 0 atom stereocenters. The number of fused-ring (bicyclic) bond motifs is 1. The Labute approximate surface area is 121 Å². The number of aromatic amines is 1. The van der Waals surface area contributed by atoms with Gasteiger partial charge in [-0.15, -0.1) is 0 Å². The van der Waals surface area contributed by atoms with Crippen LogP contribution in [0.15, 0.2) is 24.4 Å². The maximum atomic E-state index is 12.3. The molecule has 6 heteroatoms. The molecule has 1 aromatic heterocycles. The first-order chi connectivity index (χ1) is 10.2. The van der Waals surface area contributed by atoms with Gasteiger partial charge in [0.15, 0.2) is 0 Å². The fraction of sp³-hybridized carbons (Fsp3) is 0.400. The predicted octanol–water partition coefficient (Wildman–Crippen LogP) is 0.896. The number of nitrogens with zero attached hydrogens (tertiary/aromatic N) is 3. The van der Waals surface area contributed by atoms with E-state index in [1.54, 1.807) is 11.1 Å². The number of carbonyl (C=O) groups is 2. The van der Waals surface area contributed by atoms with E-state index in [0.717, 1.165) is 29.3 Å². The second-order valence-corrected chi connectivity index (χ2v) is 5.80. The van der Waals surface area contributed by atoms with Gasteiger partial charge in [-0.25, -0.2) is 0 Å². The molecule has 4 rings (SSSR count). The molecule has 1 aromatic carbocycles. The van der Waals surface area contributed by atoms with Crippen molar-refractivity contribution in [3.63, 3.8) is 0 Å². The van der Waals surface area contributed by atoms with Crippen molar-refractivity contribution in [2.24, 2.45) is 0 Å². The van der Waals surface area contributed by atoms with Crippen LogP contribution in [0.25, 0.3) is 10.9 Å². The van der Waals surface area contributed by atoms with E-state index in [1.807, 2.05) is 23.1 Å². The molecule has 108 valence electrons. The number of hydrogen-bond acceptors (Lipinski definition) is 3. The van der Waals surface area contributed by atoms with Crippen molar-refractivity contribution >= 4 is 22.7 Å². The Morgan fingerprint density at radius 2 is 2.24 bits per heavy atom. The molecule has 0 radical (unpaired) electrons. The molecular weight excluding hydrogens is 268 g/mol. The number of amides is 2. The van der Waals surface area contributed by atoms with Gasteiger partial charge < -0.3 is 9.80 Å². The zero-order valence-corrected chi connectivity index (χ0v) is 11.6. The Morgan fingerprint density at radius 3 is 3.05 bits per heavy atom. The predicted molar refractivity (Wildman–Crippen MR) is 76.2 cm³/mol. The Morgan fingerprint density at radius 1 is 1.38 bits per heavy atom. The summed E-state index contributed by atoms with van der Waals surface area (Å²) in [7, 11) is 0. The van der Waals surface area contributed by atoms with Crippen molar-refractivity contribution in [2.45, 2.75) is 25.3 Å². The summed E-state index contributed by atoms with van der Waals surface area (Å²) in [5, 5.41) is 7.86. The quantitative estimate of drug-likeness (QED) is 0.910. The zero-order chi connectivity index (χ0) is 14.4. The monoisotopic (exact) mass is 284 g/mol. The van der Waals surface area contributed by atoms with Gasteiger partial charge >= 0.3 is 0 Å². The molecule has 1 saturated heterocycles. The topological polar surface area (TPSA) is 69.3 Å². The average molecular weight is 284 g/mol. The maximum absolute atomic E-state index is 12.3. The van der Waals surface area contributed by atoms with Gasteiger partial charge in [0, 0.05) is 11.4 Å². The van der Waals surface area contributed by atoms with E-state index in [9.17, 15) is 9.59 Å². The molecule has 0 unspecified atom stereocenters. The molecule has 2 fully saturated rings. The summed E-state index contributed by atoms with van der Waals surface area (Å²) in [6.07, 6.45) is 4.22. The molecule has 1 saturated carbocycles. The third-order valence-electron chi connectivity index (χ3n) is 4.17. The Kier molecular flexibility index (Phi) is 2.70. The van der Waals surface area contributed by atoms with Gasteiger partial charge in [-0.05, 0) is 30.5 Å². The lowest BCUT2D eigenvalue weighted by molar-refractivity contribution is -0.131. The Hall–Kier alpha value is -2.37. The normalized spacial score (nSPS) is 18.8. The summed E-state index contributed by atoms with van der Waals surface area (Å²) in [4.78, 5) is 27.7. The second kappa shape index (κ2) is 4.58.